The summed E-state index contributed by atoms with van der Waals surface area (Å²) in [7, 11) is 0. The van der Waals surface area contributed by atoms with Crippen molar-refractivity contribution in [2.75, 3.05) is 13.1 Å². The minimum Gasteiger partial charge on any atom is -0.328 e. The van der Waals surface area contributed by atoms with Crippen LogP contribution in [0.3, 0.4) is 0 Å². The highest BCUT2D eigenvalue weighted by molar-refractivity contribution is 6.30. The molecule has 0 saturated carbocycles. The highest BCUT2D eigenvalue weighted by Gasteiger charge is 2.05. The maximum atomic E-state index is 5.71. The smallest absolute Gasteiger partial charge is 0.129 e. The number of hydrogen-bond acceptors (Lipinski definition) is 3. The summed E-state index contributed by atoms with van der Waals surface area (Å²) in [4.78, 5) is 3.97. The molecule has 3 nitrogen and oxygen atoms in total. The first-order chi connectivity index (χ1) is 8.75. The van der Waals surface area contributed by atoms with Gasteiger partial charge in [-0.3, -0.25) is 0 Å². The lowest BCUT2D eigenvalue weighted by atomic mass is 10.1. The number of rotatable bonds is 0. The Morgan fingerprint density at radius 3 is 2.44 bits per heavy atom. The Hall–Kier alpha value is -1.16. The molecule has 3 rings (SSSR count). The van der Waals surface area contributed by atoms with E-state index in [9.17, 15) is 0 Å². The average Bonchev–Trinajstić information content (AvgIpc) is 2.40. The van der Waals surface area contributed by atoms with Crippen LogP contribution in [0.5, 0.6) is 0 Å². The van der Waals surface area contributed by atoms with Gasteiger partial charge in [0.2, 0.25) is 0 Å². The molecule has 96 valence electrons. The van der Waals surface area contributed by atoms with Gasteiger partial charge in [0.15, 0.2) is 0 Å². The topological polar surface area (TPSA) is 50.9 Å². The molecule has 1 fully saturated rings. The Bertz CT molecular complexity index is 495. The van der Waals surface area contributed by atoms with Crippen molar-refractivity contribution in [3.05, 3.63) is 41.7 Å². The molecule has 1 aliphatic heterocycles. The van der Waals surface area contributed by atoms with Gasteiger partial charge in [0, 0.05) is 17.6 Å². The van der Waals surface area contributed by atoms with Crippen molar-refractivity contribution in [2.24, 2.45) is 5.73 Å². The number of fused-ring (bicyclic) bond motifs is 1. The Morgan fingerprint density at radius 2 is 1.83 bits per heavy atom. The molecule has 1 aliphatic rings. The molecule has 0 atom stereocenters. The highest BCUT2D eigenvalue weighted by Crippen LogP contribution is 2.15. The Balaban J connectivity index is 0.000000149. The van der Waals surface area contributed by atoms with Crippen LogP contribution in [0, 0.1) is 0 Å². The van der Waals surface area contributed by atoms with Crippen molar-refractivity contribution in [2.45, 2.75) is 18.9 Å². The monoisotopic (exact) mass is 263 g/mol. The molecule has 4 heteroatoms. The van der Waals surface area contributed by atoms with Gasteiger partial charge in [-0.15, -0.1) is 0 Å². The van der Waals surface area contributed by atoms with E-state index >= 15 is 0 Å². The van der Waals surface area contributed by atoms with Gasteiger partial charge in [-0.2, -0.15) is 0 Å². The van der Waals surface area contributed by atoms with Crippen LogP contribution < -0.4 is 11.1 Å². The van der Waals surface area contributed by atoms with Crippen LogP contribution in [0.4, 0.5) is 0 Å². The molecule has 18 heavy (non-hydrogen) atoms. The molecule has 0 amide bonds. The maximum absolute atomic E-state index is 5.71. The Morgan fingerprint density at radius 1 is 1.17 bits per heavy atom. The summed E-state index contributed by atoms with van der Waals surface area (Å²) in [6.07, 6.45) is 4.08. The van der Waals surface area contributed by atoms with E-state index in [0.29, 0.717) is 11.2 Å². The van der Waals surface area contributed by atoms with Crippen LogP contribution in [-0.4, -0.2) is 24.1 Å². The van der Waals surface area contributed by atoms with Crippen LogP contribution in [0.15, 0.2) is 36.5 Å². The predicted octanol–water partition coefficient (Wildman–Crippen LogP) is 2.59. The minimum absolute atomic E-state index is 0.473. The molecule has 2 heterocycles. The van der Waals surface area contributed by atoms with Crippen LogP contribution in [0.25, 0.3) is 10.8 Å². The second-order valence-corrected chi connectivity index (χ2v) is 4.83. The molecule has 0 bridgehead atoms. The number of benzene rings is 1. The fourth-order valence-electron chi connectivity index (χ4n) is 1.90. The molecule has 1 aromatic heterocycles. The summed E-state index contributed by atoms with van der Waals surface area (Å²) >= 11 is 5.71. The van der Waals surface area contributed by atoms with Gasteiger partial charge in [-0.1, -0.05) is 35.9 Å². The maximum Gasteiger partial charge on any atom is 0.129 e. The summed E-state index contributed by atoms with van der Waals surface area (Å²) in [5.74, 6) is 0. The number of hydrogen-bond donors (Lipinski definition) is 2. The summed E-state index contributed by atoms with van der Waals surface area (Å²) in [5.41, 5.74) is 5.59. The third-order valence-corrected chi connectivity index (χ3v) is 3.19. The van der Waals surface area contributed by atoms with E-state index in [1.807, 2.05) is 30.3 Å². The summed E-state index contributed by atoms with van der Waals surface area (Å²) in [6, 6.07) is 10.3. The first kappa shape index (κ1) is 13.3. The lowest BCUT2D eigenvalue weighted by Gasteiger charge is -2.17. The molecule has 2 aromatic rings. The van der Waals surface area contributed by atoms with Crippen LogP contribution in [-0.2, 0) is 0 Å². The number of nitrogens with zero attached hydrogens (tertiary/aromatic N) is 1. The molecule has 0 aliphatic carbocycles. The van der Waals surface area contributed by atoms with E-state index in [4.69, 9.17) is 17.3 Å². The van der Waals surface area contributed by atoms with Crippen molar-refractivity contribution in [3.63, 3.8) is 0 Å². The Kier molecular flexibility index (Phi) is 4.93. The number of piperidine rings is 1. The summed E-state index contributed by atoms with van der Waals surface area (Å²) < 4.78 is 0. The SMILES string of the molecule is Clc1cc2ccccc2cn1.NC1CCNCC1. The van der Waals surface area contributed by atoms with Crippen molar-refractivity contribution in [1.82, 2.24) is 10.3 Å². The van der Waals surface area contributed by atoms with Crippen molar-refractivity contribution in [3.8, 4) is 0 Å². The second-order valence-electron chi connectivity index (χ2n) is 4.44. The van der Waals surface area contributed by atoms with E-state index in [1.165, 1.54) is 0 Å². The lowest BCUT2D eigenvalue weighted by Crippen LogP contribution is -2.35. The molecular formula is C14H18ClN3. The molecule has 3 N–H and O–H groups in total. The van der Waals surface area contributed by atoms with Gasteiger partial charge in [0.05, 0.1) is 0 Å². The van der Waals surface area contributed by atoms with E-state index in [0.717, 1.165) is 36.7 Å². The molecule has 0 radical (unpaired) electrons. The fraction of sp³-hybridized carbons (Fsp3) is 0.357. The average molecular weight is 264 g/mol. The first-order valence-corrected chi connectivity index (χ1v) is 6.60. The molecular weight excluding hydrogens is 246 g/mol. The van der Waals surface area contributed by atoms with Gasteiger partial charge in [0.25, 0.3) is 0 Å². The third kappa shape index (κ3) is 3.95. The number of nitrogens with two attached hydrogens (primary N) is 1. The molecule has 1 saturated heterocycles. The lowest BCUT2D eigenvalue weighted by molar-refractivity contribution is 0.458. The van der Waals surface area contributed by atoms with Crippen LogP contribution >= 0.6 is 11.6 Å². The second kappa shape index (κ2) is 6.69. The normalized spacial score (nSPS) is 16.1. The highest BCUT2D eigenvalue weighted by atomic mass is 35.5. The molecule has 1 aromatic carbocycles. The quantitative estimate of drug-likeness (QED) is 0.719. The van der Waals surface area contributed by atoms with E-state index in [2.05, 4.69) is 10.3 Å². The van der Waals surface area contributed by atoms with Gasteiger partial charge in [-0.25, -0.2) is 4.98 Å². The van der Waals surface area contributed by atoms with E-state index in [1.54, 1.807) is 6.20 Å². The van der Waals surface area contributed by atoms with Crippen LogP contribution in [0.2, 0.25) is 5.15 Å². The van der Waals surface area contributed by atoms with Crippen molar-refractivity contribution < 1.29 is 0 Å². The van der Waals surface area contributed by atoms with Gasteiger partial charge < -0.3 is 11.1 Å². The standard InChI is InChI=1S/C9H6ClN.C5H12N2/c10-9-5-7-3-1-2-4-8(7)6-11-9;6-5-1-3-7-4-2-5/h1-6H;5,7H,1-4,6H2. The predicted molar refractivity (Wildman–Crippen MR) is 76.8 cm³/mol. The Labute approximate surface area is 112 Å². The number of halogens is 1. The van der Waals surface area contributed by atoms with Gasteiger partial charge in [-0.05, 0) is 37.4 Å². The summed E-state index contributed by atoms with van der Waals surface area (Å²) in [5, 5.41) is 6.03. The zero-order valence-electron chi connectivity index (χ0n) is 10.3. The van der Waals surface area contributed by atoms with Gasteiger partial charge >= 0.3 is 0 Å². The van der Waals surface area contributed by atoms with Crippen molar-refractivity contribution >= 4 is 22.4 Å². The fourth-order valence-corrected chi connectivity index (χ4v) is 2.07. The summed E-state index contributed by atoms with van der Waals surface area (Å²) in [6.45, 7) is 2.22. The van der Waals surface area contributed by atoms with Crippen molar-refractivity contribution in [1.29, 1.82) is 0 Å². The van der Waals surface area contributed by atoms with Crippen LogP contribution in [0.1, 0.15) is 12.8 Å². The zero-order chi connectivity index (χ0) is 12.8. The van der Waals surface area contributed by atoms with Gasteiger partial charge in [0.1, 0.15) is 5.15 Å². The number of pyridine rings is 1. The molecule has 0 unspecified atom stereocenters. The van der Waals surface area contributed by atoms with E-state index in [-0.39, 0.29) is 0 Å². The minimum atomic E-state index is 0.473. The molecule has 0 spiro atoms. The largest absolute Gasteiger partial charge is 0.328 e. The first-order valence-electron chi connectivity index (χ1n) is 6.22. The number of nitrogens with one attached hydrogen (secondary N) is 1. The zero-order valence-corrected chi connectivity index (χ0v) is 11.0. The number of aromatic nitrogens is 1. The van der Waals surface area contributed by atoms with E-state index < -0.39 is 0 Å². The third-order valence-electron chi connectivity index (χ3n) is 2.98.